The van der Waals surface area contributed by atoms with E-state index in [4.69, 9.17) is 9.05 Å². The van der Waals surface area contributed by atoms with Gasteiger partial charge in [0.25, 0.3) is 0 Å². The highest BCUT2D eigenvalue weighted by Crippen LogP contribution is 2.41. The summed E-state index contributed by atoms with van der Waals surface area (Å²) in [5.41, 5.74) is 2.25. The SMILES string of the molecule is CCCC=Nc1ccc(CP(OCC)OCC)cc1. The largest absolute Gasteiger partial charge is 0.334 e. The van der Waals surface area contributed by atoms with Crippen molar-refractivity contribution in [3.63, 3.8) is 0 Å². The van der Waals surface area contributed by atoms with Gasteiger partial charge in [0.1, 0.15) is 0 Å². The fourth-order valence-electron chi connectivity index (χ4n) is 1.55. The van der Waals surface area contributed by atoms with Crippen LogP contribution in [0.5, 0.6) is 0 Å². The zero-order chi connectivity index (χ0) is 13.9. The molecule has 0 fully saturated rings. The van der Waals surface area contributed by atoms with Crippen molar-refractivity contribution in [1.29, 1.82) is 0 Å². The molecule has 0 N–H and O–H groups in total. The number of unbranched alkanes of at least 4 members (excludes halogenated alkanes) is 1. The summed E-state index contributed by atoms with van der Waals surface area (Å²) in [7, 11) is -0.799. The van der Waals surface area contributed by atoms with E-state index in [1.807, 2.05) is 32.2 Å². The normalized spacial score (nSPS) is 11.6. The number of aliphatic imine (C=N–C) groups is 1. The van der Waals surface area contributed by atoms with E-state index in [0.717, 1.165) is 24.7 Å². The van der Waals surface area contributed by atoms with Gasteiger partial charge in [-0.1, -0.05) is 25.5 Å². The Labute approximate surface area is 118 Å². The smallest absolute Gasteiger partial charge is 0.175 e. The quantitative estimate of drug-likeness (QED) is 0.467. The topological polar surface area (TPSA) is 30.8 Å². The van der Waals surface area contributed by atoms with Gasteiger partial charge in [-0.2, -0.15) is 0 Å². The highest BCUT2D eigenvalue weighted by Gasteiger charge is 2.09. The van der Waals surface area contributed by atoms with E-state index in [2.05, 4.69) is 24.0 Å². The molecule has 0 radical (unpaired) electrons. The Bertz CT molecular complexity index is 359. The average molecular weight is 281 g/mol. The van der Waals surface area contributed by atoms with Gasteiger partial charge in [-0.05, 0) is 38.0 Å². The Balaban J connectivity index is 2.54. The molecule has 0 bridgehead atoms. The van der Waals surface area contributed by atoms with Gasteiger partial charge in [0.15, 0.2) is 8.38 Å². The maximum atomic E-state index is 5.61. The summed E-state index contributed by atoms with van der Waals surface area (Å²) in [4.78, 5) is 4.41. The summed E-state index contributed by atoms with van der Waals surface area (Å²) >= 11 is 0. The van der Waals surface area contributed by atoms with Crippen molar-refractivity contribution in [2.24, 2.45) is 4.99 Å². The van der Waals surface area contributed by atoms with Crippen LogP contribution in [0.4, 0.5) is 5.69 Å². The van der Waals surface area contributed by atoms with E-state index < -0.39 is 8.38 Å². The summed E-state index contributed by atoms with van der Waals surface area (Å²) in [6, 6.07) is 8.30. The standard InChI is InChI=1S/C15H24NO2P/c1-4-7-12-16-15-10-8-14(9-11-15)13-19(17-5-2)18-6-3/h8-12H,4-7,13H2,1-3H3. The Hall–Kier alpha value is -0.760. The van der Waals surface area contributed by atoms with Crippen molar-refractivity contribution >= 4 is 20.3 Å². The van der Waals surface area contributed by atoms with Gasteiger partial charge in [0.05, 0.1) is 18.9 Å². The van der Waals surface area contributed by atoms with Crippen LogP contribution in [0.3, 0.4) is 0 Å². The van der Waals surface area contributed by atoms with E-state index in [9.17, 15) is 0 Å². The summed E-state index contributed by atoms with van der Waals surface area (Å²) in [5, 5.41) is 0. The molecule has 0 aliphatic heterocycles. The van der Waals surface area contributed by atoms with Crippen molar-refractivity contribution in [2.75, 3.05) is 13.2 Å². The lowest BCUT2D eigenvalue weighted by Gasteiger charge is -2.15. The van der Waals surface area contributed by atoms with Gasteiger partial charge in [-0.3, -0.25) is 4.99 Å². The van der Waals surface area contributed by atoms with Crippen LogP contribution < -0.4 is 0 Å². The fourth-order valence-corrected chi connectivity index (χ4v) is 2.89. The summed E-state index contributed by atoms with van der Waals surface area (Å²) in [5.74, 6) is 0. The minimum Gasteiger partial charge on any atom is -0.334 e. The molecule has 0 saturated carbocycles. The number of hydrogen-bond donors (Lipinski definition) is 0. The maximum Gasteiger partial charge on any atom is 0.175 e. The van der Waals surface area contributed by atoms with Crippen LogP contribution in [0.15, 0.2) is 29.3 Å². The third-order valence-electron chi connectivity index (χ3n) is 2.45. The van der Waals surface area contributed by atoms with Gasteiger partial charge in [0, 0.05) is 12.4 Å². The van der Waals surface area contributed by atoms with E-state index in [0.29, 0.717) is 13.2 Å². The molecule has 0 atom stereocenters. The van der Waals surface area contributed by atoms with Crippen LogP contribution in [0.2, 0.25) is 0 Å². The first-order valence-corrected chi connectivity index (χ1v) is 8.31. The van der Waals surface area contributed by atoms with Crippen LogP contribution in [-0.2, 0) is 15.2 Å². The highest BCUT2D eigenvalue weighted by molar-refractivity contribution is 7.46. The molecule has 1 aromatic carbocycles. The first-order chi connectivity index (χ1) is 9.30. The second kappa shape index (κ2) is 10.1. The van der Waals surface area contributed by atoms with E-state index in [1.54, 1.807) is 0 Å². The van der Waals surface area contributed by atoms with Crippen molar-refractivity contribution in [2.45, 2.75) is 39.8 Å². The Morgan fingerprint density at radius 2 is 1.68 bits per heavy atom. The van der Waals surface area contributed by atoms with Crippen LogP contribution in [-0.4, -0.2) is 19.4 Å². The molecule has 3 nitrogen and oxygen atoms in total. The second-order valence-electron chi connectivity index (χ2n) is 4.09. The zero-order valence-corrected chi connectivity index (χ0v) is 13.0. The van der Waals surface area contributed by atoms with E-state index >= 15 is 0 Å². The van der Waals surface area contributed by atoms with E-state index in [-0.39, 0.29) is 0 Å². The lowest BCUT2D eigenvalue weighted by atomic mass is 10.2. The Morgan fingerprint density at radius 3 is 2.21 bits per heavy atom. The minimum absolute atomic E-state index is 0.700. The summed E-state index contributed by atoms with van der Waals surface area (Å²) in [6.45, 7) is 7.55. The molecule has 0 aliphatic rings. The van der Waals surface area contributed by atoms with Crippen LogP contribution in [0.25, 0.3) is 0 Å². The molecule has 0 unspecified atom stereocenters. The monoisotopic (exact) mass is 281 g/mol. The molecule has 1 aromatic rings. The first kappa shape index (κ1) is 16.3. The number of benzene rings is 1. The van der Waals surface area contributed by atoms with Gasteiger partial charge < -0.3 is 9.05 Å². The Kier molecular flexibility index (Phi) is 8.64. The molecule has 0 aliphatic carbocycles. The molecule has 4 heteroatoms. The molecule has 1 rings (SSSR count). The summed E-state index contributed by atoms with van der Waals surface area (Å²) < 4.78 is 11.2. The molecular weight excluding hydrogens is 257 g/mol. The van der Waals surface area contributed by atoms with Crippen molar-refractivity contribution in [3.8, 4) is 0 Å². The molecule has 0 saturated heterocycles. The zero-order valence-electron chi connectivity index (χ0n) is 12.1. The van der Waals surface area contributed by atoms with Crippen molar-refractivity contribution in [3.05, 3.63) is 29.8 Å². The average Bonchev–Trinajstić information content (AvgIpc) is 2.42. The van der Waals surface area contributed by atoms with Gasteiger partial charge >= 0.3 is 0 Å². The van der Waals surface area contributed by atoms with Crippen LogP contribution in [0, 0.1) is 0 Å². The van der Waals surface area contributed by atoms with Crippen LogP contribution >= 0.6 is 8.38 Å². The molecule has 0 heterocycles. The Morgan fingerprint density at radius 1 is 1.05 bits per heavy atom. The lowest BCUT2D eigenvalue weighted by molar-refractivity contribution is 0.268. The van der Waals surface area contributed by atoms with Crippen LogP contribution in [0.1, 0.15) is 39.2 Å². The molecule has 0 aromatic heterocycles. The third-order valence-corrected chi connectivity index (χ3v) is 4.17. The lowest BCUT2D eigenvalue weighted by Crippen LogP contribution is -1.94. The predicted molar refractivity (Wildman–Crippen MR) is 83.4 cm³/mol. The number of rotatable bonds is 9. The van der Waals surface area contributed by atoms with Gasteiger partial charge in [-0.25, -0.2) is 0 Å². The molecule has 0 spiro atoms. The first-order valence-electron chi connectivity index (χ1n) is 6.95. The predicted octanol–water partition coefficient (Wildman–Crippen LogP) is 5.07. The molecular formula is C15H24NO2P. The minimum atomic E-state index is -0.799. The van der Waals surface area contributed by atoms with Crippen molar-refractivity contribution in [1.82, 2.24) is 0 Å². The number of hydrogen-bond acceptors (Lipinski definition) is 3. The van der Waals surface area contributed by atoms with Gasteiger partial charge in [0.2, 0.25) is 0 Å². The van der Waals surface area contributed by atoms with Crippen molar-refractivity contribution < 1.29 is 9.05 Å². The molecule has 19 heavy (non-hydrogen) atoms. The summed E-state index contributed by atoms with van der Waals surface area (Å²) in [6.07, 6.45) is 4.98. The molecule has 106 valence electrons. The number of nitrogens with zero attached hydrogens (tertiary/aromatic N) is 1. The highest BCUT2D eigenvalue weighted by atomic mass is 31.2. The van der Waals surface area contributed by atoms with E-state index in [1.165, 1.54) is 5.56 Å². The van der Waals surface area contributed by atoms with Gasteiger partial charge in [-0.15, -0.1) is 0 Å². The second-order valence-corrected chi connectivity index (χ2v) is 5.59. The fraction of sp³-hybridized carbons (Fsp3) is 0.533. The maximum absolute atomic E-state index is 5.61. The third kappa shape index (κ3) is 6.81. The molecule has 0 amide bonds.